The minimum absolute atomic E-state index is 0.0438. The molecule has 0 unspecified atom stereocenters. The summed E-state index contributed by atoms with van der Waals surface area (Å²) in [6.45, 7) is -0.462. The molecular formula is C33H28N4O8. The van der Waals surface area contributed by atoms with Crippen molar-refractivity contribution >= 4 is 34.9 Å². The number of ether oxygens (including phenoxy) is 4. The normalized spacial score (nSPS) is 13.7. The minimum atomic E-state index is -1.23. The SMILES string of the molecule is COc1ccc([C@H](C(=O)Nc2ccc3c(c2)OCO3)N(Cc2cccnc2)C(=O)CN2C(=O)C(=O)c3ccccc32)cc1OC. The van der Waals surface area contributed by atoms with Crippen molar-refractivity contribution in [2.75, 3.05) is 37.8 Å². The van der Waals surface area contributed by atoms with Crippen LogP contribution in [0.25, 0.3) is 0 Å². The molecule has 0 radical (unpaired) electrons. The first-order chi connectivity index (χ1) is 21.9. The van der Waals surface area contributed by atoms with Crippen LogP contribution < -0.4 is 29.2 Å². The van der Waals surface area contributed by atoms with E-state index in [-0.39, 0.29) is 18.9 Å². The number of para-hydroxylation sites is 1. The van der Waals surface area contributed by atoms with Gasteiger partial charge in [0.2, 0.25) is 12.7 Å². The highest BCUT2D eigenvalue weighted by Crippen LogP contribution is 2.37. The van der Waals surface area contributed by atoms with E-state index >= 15 is 0 Å². The fourth-order valence-electron chi connectivity index (χ4n) is 5.32. The third-order valence-electron chi connectivity index (χ3n) is 7.49. The molecule has 0 bridgehead atoms. The molecule has 2 aliphatic rings. The lowest BCUT2D eigenvalue weighted by Crippen LogP contribution is -2.46. The zero-order valence-electron chi connectivity index (χ0n) is 24.4. The summed E-state index contributed by atoms with van der Waals surface area (Å²) in [5.41, 5.74) is 2.00. The van der Waals surface area contributed by atoms with Gasteiger partial charge in [0.05, 0.1) is 25.5 Å². The van der Waals surface area contributed by atoms with E-state index in [4.69, 9.17) is 18.9 Å². The van der Waals surface area contributed by atoms with Gasteiger partial charge in [-0.3, -0.25) is 29.1 Å². The van der Waals surface area contributed by atoms with Crippen LogP contribution in [0.1, 0.15) is 27.5 Å². The highest BCUT2D eigenvalue weighted by Gasteiger charge is 2.39. The quantitative estimate of drug-likeness (QED) is 0.267. The summed E-state index contributed by atoms with van der Waals surface area (Å²) in [4.78, 5) is 60.9. The average Bonchev–Trinajstić information content (AvgIpc) is 3.63. The maximum Gasteiger partial charge on any atom is 0.299 e. The first-order valence-corrected chi connectivity index (χ1v) is 13.9. The number of Topliss-reactive ketones (excluding diaryl/α,β-unsaturated/α-hetero) is 1. The number of anilines is 2. The van der Waals surface area contributed by atoms with Crippen LogP contribution in [0.2, 0.25) is 0 Å². The second kappa shape index (κ2) is 12.4. The lowest BCUT2D eigenvalue weighted by molar-refractivity contribution is -0.139. The van der Waals surface area contributed by atoms with Gasteiger partial charge in [0, 0.05) is 30.7 Å². The Kier molecular flexibility index (Phi) is 8.02. The number of nitrogens with zero attached hydrogens (tertiary/aromatic N) is 3. The van der Waals surface area contributed by atoms with E-state index in [2.05, 4.69) is 10.3 Å². The zero-order valence-corrected chi connectivity index (χ0v) is 24.4. The van der Waals surface area contributed by atoms with Gasteiger partial charge in [-0.25, -0.2) is 0 Å². The number of methoxy groups -OCH3 is 2. The average molecular weight is 609 g/mol. The molecule has 12 heteroatoms. The maximum atomic E-state index is 14.3. The van der Waals surface area contributed by atoms with Crippen LogP contribution in [0, 0.1) is 0 Å². The lowest BCUT2D eigenvalue weighted by Gasteiger charge is -2.33. The standard InChI is InChI=1S/C33H28N4O8/c1-42-25-11-9-21(14-27(25)43-2)30(32(40)35-22-10-12-26-28(15-22)45-19-44-26)37(17-20-6-5-13-34-16-20)29(38)18-36-24-8-4-3-7-23(24)31(39)33(36)41/h3-16,30H,17-19H2,1-2H3,(H,35,40)/t30-/m1/s1. The number of hydrogen-bond donors (Lipinski definition) is 1. The molecule has 1 aromatic heterocycles. The summed E-state index contributed by atoms with van der Waals surface area (Å²) < 4.78 is 21.8. The number of rotatable bonds is 10. The summed E-state index contributed by atoms with van der Waals surface area (Å²) in [6.07, 6.45) is 3.18. The minimum Gasteiger partial charge on any atom is -0.493 e. The Morgan fingerprint density at radius 2 is 1.76 bits per heavy atom. The van der Waals surface area contributed by atoms with Crippen molar-refractivity contribution in [3.05, 3.63) is 102 Å². The first kappa shape index (κ1) is 29.2. The van der Waals surface area contributed by atoms with Gasteiger partial charge in [-0.2, -0.15) is 0 Å². The van der Waals surface area contributed by atoms with Crippen molar-refractivity contribution in [2.24, 2.45) is 0 Å². The molecule has 2 aliphatic heterocycles. The zero-order chi connectivity index (χ0) is 31.5. The summed E-state index contributed by atoms with van der Waals surface area (Å²) in [7, 11) is 2.96. The van der Waals surface area contributed by atoms with Crippen molar-refractivity contribution < 1.29 is 38.1 Å². The van der Waals surface area contributed by atoms with Crippen molar-refractivity contribution in [1.29, 1.82) is 0 Å². The van der Waals surface area contributed by atoms with Crippen LogP contribution in [0.3, 0.4) is 0 Å². The third-order valence-corrected chi connectivity index (χ3v) is 7.49. The van der Waals surface area contributed by atoms with Gasteiger partial charge < -0.3 is 29.2 Å². The molecule has 3 heterocycles. The number of benzene rings is 3. The van der Waals surface area contributed by atoms with Crippen LogP contribution in [0.4, 0.5) is 11.4 Å². The molecule has 0 spiro atoms. The fourth-order valence-corrected chi connectivity index (χ4v) is 5.32. The predicted molar refractivity (Wildman–Crippen MR) is 161 cm³/mol. The number of aromatic nitrogens is 1. The Morgan fingerprint density at radius 1 is 0.956 bits per heavy atom. The van der Waals surface area contributed by atoms with E-state index in [1.165, 1.54) is 19.1 Å². The van der Waals surface area contributed by atoms with Gasteiger partial charge >= 0.3 is 0 Å². The Morgan fingerprint density at radius 3 is 2.53 bits per heavy atom. The third kappa shape index (κ3) is 5.73. The van der Waals surface area contributed by atoms with Gasteiger partial charge in [-0.05, 0) is 53.6 Å². The fraction of sp³-hybridized carbons (Fsp3) is 0.182. The van der Waals surface area contributed by atoms with E-state index in [1.54, 1.807) is 85.2 Å². The van der Waals surface area contributed by atoms with Crippen LogP contribution >= 0.6 is 0 Å². The number of hydrogen-bond acceptors (Lipinski definition) is 9. The molecule has 0 fully saturated rings. The van der Waals surface area contributed by atoms with Crippen molar-refractivity contribution in [3.63, 3.8) is 0 Å². The second-order valence-electron chi connectivity index (χ2n) is 10.2. The molecule has 45 heavy (non-hydrogen) atoms. The number of pyridine rings is 1. The molecule has 12 nitrogen and oxygen atoms in total. The Balaban J connectivity index is 1.41. The van der Waals surface area contributed by atoms with Crippen LogP contribution in [-0.2, 0) is 20.9 Å². The number of amides is 3. The number of carbonyl (C=O) groups excluding carboxylic acids is 4. The Labute approximate surface area is 258 Å². The summed E-state index contributed by atoms with van der Waals surface area (Å²) >= 11 is 0. The maximum absolute atomic E-state index is 14.3. The number of nitrogens with one attached hydrogen (secondary N) is 1. The van der Waals surface area contributed by atoms with Crippen molar-refractivity contribution in [3.8, 4) is 23.0 Å². The highest BCUT2D eigenvalue weighted by molar-refractivity contribution is 6.52. The van der Waals surface area contributed by atoms with Crippen LogP contribution in [-0.4, -0.2) is 60.9 Å². The Bertz CT molecular complexity index is 1790. The largest absolute Gasteiger partial charge is 0.493 e. The monoisotopic (exact) mass is 608 g/mol. The van der Waals surface area contributed by atoms with Gasteiger partial charge in [-0.1, -0.05) is 24.3 Å². The molecule has 1 atom stereocenters. The van der Waals surface area contributed by atoms with Gasteiger partial charge in [-0.15, -0.1) is 0 Å². The Hall–Kier alpha value is -5.91. The summed E-state index contributed by atoms with van der Waals surface area (Å²) in [5.74, 6) is -0.872. The molecule has 6 rings (SSSR count). The number of ketones is 1. The lowest BCUT2D eigenvalue weighted by atomic mass is 10.0. The molecule has 3 amide bonds. The molecule has 0 aliphatic carbocycles. The summed E-state index contributed by atoms with van der Waals surface area (Å²) in [6, 6.07) is 18.6. The topological polar surface area (TPSA) is 137 Å². The van der Waals surface area contributed by atoms with E-state index in [0.29, 0.717) is 45.5 Å². The van der Waals surface area contributed by atoms with Gasteiger partial charge in [0.15, 0.2) is 23.0 Å². The highest BCUT2D eigenvalue weighted by atomic mass is 16.7. The molecule has 4 aromatic rings. The van der Waals surface area contributed by atoms with Crippen molar-refractivity contribution in [1.82, 2.24) is 9.88 Å². The second-order valence-corrected chi connectivity index (χ2v) is 10.2. The van der Waals surface area contributed by atoms with Gasteiger partial charge in [0.1, 0.15) is 12.6 Å². The number of fused-ring (bicyclic) bond motifs is 2. The van der Waals surface area contributed by atoms with E-state index in [0.717, 1.165) is 4.90 Å². The molecular weight excluding hydrogens is 580 g/mol. The first-order valence-electron chi connectivity index (χ1n) is 13.9. The van der Waals surface area contributed by atoms with Crippen LogP contribution in [0.5, 0.6) is 23.0 Å². The molecule has 3 aromatic carbocycles. The number of carbonyl (C=O) groups is 4. The van der Waals surface area contributed by atoms with E-state index in [9.17, 15) is 19.2 Å². The van der Waals surface area contributed by atoms with Gasteiger partial charge in [0.25, 0.3) is 17.6 Å². The molecule has 0 saturated carbocycles. The molecule has 1 N–H and O–H groups in total. The summed E-state index contributed by atoms with van der Waals surface area (Å²) in [5, 5.41) is 2.89. The molecule has 228 valence electrons. The van der Waals surface area contributed by atoms with Crippen LogP contribution in [0.15, 0.2) is 85.2 Å². The van der Waals surface area contributed by atoms with Crippen molar-refractivity contribution in [2.45, 2.75) is 12.6 Å². The van der Waals surface area contributed by atoms with E-state index < -0.39 is 36.1 Å². The smallest absolute Gasteiger partial charge is 0.299 e. The van der Waals surface area contributed by atoms with E-state index in [1.807, 2.05) is 0 Å². The predicted octanol–water partition coefficient (Wildman–Crippen LogP) is 3.77. The molecule has 0 saturated heterocycles.